The van der Waals surface area contributed by atoms with Crippen LogP contribution in [0.4, 0.5) is 22.0 Å². The summed E-state index contributed by atoms with van der Waals surface area (Å²) in [6.45, 7) is 18.2. The number of likely N-dealkylation sites (N-methyl/N-ethyl adjacent to an activating group) is 1. The minimum Gasteiger partial charge on any atom is -0.489 e. The molecule has 3 aromatic heterocycles. The number of aromatic nitrogens is 6. The quantitative estimate of drug-likeness (QED) is 0.0130. The fraction of sp³-hybridized carbons (Fsp3) is 0.312. The topological polar surface area (TPSA) is 302 Å². The van der Waals surface area contributed by atoms with Gasteiger partial charge in [-0.2, -0.15) is 24.1 Å². The predicted octanol–water partition coefficient (Wildman–Crippen LogP) is 13.5. The number of rotatable bonds is 21. The number of ether oxygens (including phenoxy) is 5. The molecular formula is C80H88ClF5N10O13. The van der Waals surface area contributed by atoms with Crippen molar-refractivity contribution >= 4 is 59.0 Å². The highest BCUT2D eigenvalue weighted by Gasteiger charge is 2.31. The number of allylic oxidation sites excluding steroid dienone is 1. The number of amides is 2. The molecule has 2 aliphatic heterocycles. The van der Waals surface area contributed by atoms with Crippen LogP contribution in [0, 0.1) is 46.8 Å². The SMILES string of the molecule is C1=CC(c2ccccc2)=NC1.CC(C)(C)OC(=O)C[C@@H](Cn1cc(-c2ccccc2)cn1)C(=O)O.CC(C)Oc1ccc(C(=O)Oc2c(F)c(F)c(F)c(F)c2F)cc1Cl.CNC(=O)[C@@H](CC(=O)OC(C)(C)C)Cn1cc(-c2ccccc2)cn1.CNC(=O)[C@@H](N)Cn1cc(-c2ccccc2)cn1.C[C@H]1COC1=O. The van der Waals surface area contributed by atoms with Gasteiger partial charge in [-0.15, -0.1) is 0 Å². The molecule has 11 rings (SSSR count). The summed E-state index contributed by atoms with van der Waals surface area (Å²) < 4.78 is 95.7. The Balaban J connectivity index is 0.000000212. The van der Waals surface area contributed by atoms with E-state index in [1.807, 2.05) is 129 Å². The zero-order valence-corrected chi connectivity index (χ0v) is 62.8. The molecule has 1 fully saturated rings. The van der Waals surface area contributed by atoms with E-state index in [9.17, 15) is 60.6 Å². The molecule has 2 amide bonds. The van der Waals surface area contributed by atoms with Gasteiger partial charge in [0.1, 0.15) is 29.6 Å². The molecule has 4 atom stereocenters. The summed E-state index contributed by atoms with van der Waals surface area (Å²) in [5.41, 5.74) is 12.6. The number of carboxylic acid groups (broad SMARTS) is 1. The number of carbonyl (C=O) groups is 7. The standard InChI is InChI=1S/C19H25N3O3.C18H22N2O4.C16H10ClF5O3.C13H16N4O.C10H9N.C4H6O2/c1-19(2,3)25-17(23)10-15(18(24)20-4)12-22-13-16(11-21-22)14-8-6-5-7-9-14;1-18(2,3)24-16(21)9-14(17(22)23)11-20-12-15(10-19-20)13-7-5-4-6-8-13;1-6(2)24-9-4-3-7(5-8(9)17)16(23)25-15-13(21)11(19)10(18)12(20)14(15)22;1-15-13(18)12(14)9-17-8-11(7-16-17)10-5-3-2-4-6-10;1-2-5-9(6-3-1)10-7-4-8-11-10;1-3-2-6-4(3)5/h5-9,11,13,15H,10,12H2,1-4H3,(H,20,24);4-8,10,12,14H,9,11H2,1-3H3,(H,22,23);3-6H,1-2H3;2-8,12H,9,14H2,1H3,(H,15,18);1-7H,8H2;3H,2H2,1H3/t15-;14-;;12-;;3-/m00.0.0/s1. The summed E-state index contributed by atoms with van der Waals surface area (Å²) in [6, 6.07) is 42.7. The molecule has 9 aromatic rings. The zero-order valence-electron chi connectivity index (χ0n) is 62.1. The summed E-state index contributed by atoms with van der Waals surface area (Å²) in [5, 5.41) is 27.2. The number of nitrogens with zero attached hydrogens (tertiary/aromatic N) is 7. The molecule has 29 heteroatoms. The number of nitrogens with one attached hydrogen (secondary N) is 2. The van der Waals surface area contributed by atoms with Crippen LogP contribution in [0.25, 0.3) is 33.4 Å². The molecule has 0 unspecified atom stereocenters. The van der Waals surface area contributed by atoms with E-state index in [0.717, 1.165) is 57.8 Å². The predicted molar refractivity (Wildman–Crippen MR) is 400 cm³/mol. The third-order valence-corrected chi connectivity index (χ3v) is 15.4. The molecule has 578 valence electrons. The maximum atomic E-state index is 13.5. The molecule has 1 saturated heterocycles. The Morgan fingerprint density at radius 3 is 1.36 bits per heavy atom. The molecule has 0 saturated carbocycles. The Labute approximate surface area is 633 Å². The first kappa shape index (κ1) is 86.3. The lowest BCUT2D eigenvalue weighted by Gasteiger charge is -2.21. The minimum absolute atomic E-state index is 0.000520. The molecule has 2 aliphatic rings. The average molecular weight is 1530 g/mol. The number of carbonyl (C=O) groups excluding carboxylic acids is 6. The molecule has 109 heavy (non-hydrogen) atoms. The van der Waals surface area contributed by atoms with Crippen molar-refractivity contribution in [2.24, 2.45) is 28.5 Å². The number of aliphatic imine (C=N–C) groups is 1. The van der Waals surface area contributed by atoms with Crippen molar-refractivity contribution in [1.82, 2.24) is 40.0 Å². The third-order valence-electron chi connectivity index (χ3n) is 15.1. The van der Waals surface area contributed by atoms with Gasteiger partial charge in [-0.25, -0.2) is 18.0 Å². The van der Waals surface area contributed by atoms with E-state index in [0.29, 0.717) is 19.7 Å². The highest BCUT2D eigenvalue weighted by Crippen LogP contribution is 2.32. The van der Waals surface area contributed by atoms with Crippen molar-refractivity contribution in [3.63, 3.8) is 0 Å². The van der Waals surface area contributed by atoms with E-state index in [1.54, 1.807) is 108 Å². The van der Waals surface area contributed by atoms with E-state index in [2.05, 4.69) is 64.7 Å². The second kappa shape index (κ2) is 41.5. The number of aliphatic carboxylic acids is 1. The number of benzene rings is 6. The molecule has 0 aliphatic carbocycles. The van der Waals surface area contributed by atoms with Gasteiger partial charge in [0.05, 0.1) is 97.8 Å². The van der Waals surface area contributed by atoms with Crippen LogP contribution in [0.2, 0.25) is 5.02 Å². The van der Waals surface area contributed by atoms with Gasteiger partial charge in [-0.05, 0) is 109 Å². The number of esters is 4. The molecule has 23 nitrogen and oxygen atoms in total. The summed E-state index contributed by atoms with van der Waals surface area (Å²) in [7, 11) is 3.13. The highest BCUT2D eigenvalue weighted by atomic mass is 35.5. The second-order valence-corrected chi connectivity index (χ2v) is 27.1. The lowest BCUT2D eigenvalue weighted by atomic mass is 10.0. The fourth-order valence-corrected chi connectivity index (χ4v) is 10.0. The first-order valence-electron chi connectivity index (χ1n) is 34.4. The van der Waals surface area contributed by atoms with Crippen LogP contribution in [0.5, 0.6) is 11.5 Å². The number of nitrogens with two attached hydrogens (primary N) is 1. The number of carboxylic acids is 1. The molecule has 0 radical (unpaired) electrons. The lowest BCUT2D eigenvalue weighted by Crippen LogP contribution is -2.41. The smallest absolute Gasteiger partial charge is 0.343 e. The van der Waals surface area contributed by atoms with Crippen molar-refractivity contribution in [2.45, 2.75) is 118 Å². The van der Waals surface area contributed by atoms with Crippen molar-refractivity contribution in [3.8, 4) is 44.9 Å². The van der Waals surface area contributed by atoms with Gasteiger partial charge >= 0.3 is 29.8 Å². The van der Waals surface area contributed by atoms with Crippen LogP contribution in [-0.4, -0.2) is 132 Å². The molecular weight excluding hydrogens is 1440 g/mol. The van der Waals surface area contributed by atoms with E-state index in [1.165, 1.54) is 11.6 Å². The van der Waals surface area contributed by atoms with Gasteiger partial charge < -0.3 is 45.2 Å². The van der Waals surface area contributed by atoms with Crippen LogP contribution in [0.1, 0.15) is 91.1 Å². The first-order valence-corrected chi connectivity index (χ1v) is 34.7. The summed E-state index contributed by atoms with van der Waals surface area (Å²) >= 11 is 5.90. The number of cyclic esters (lactones) is 1. The highest BCUT2D eigenvalue weighted by molar-refractivity contribution is 6.32. The number of hydrogen-bond acceptors (Lipinski definition) is 17. The third kappa shape index (κ3) is 28.2. The Morgan fingerprint density at radius 1 is 0.596 bits per heavy atom. The number of hydrogen-bond donors (Lipinski definition) is 4. The van der Waals surface area contributed by atoms with Crippen molar-refractivity contribution in [2.75, 3.05) is 27.2 Å². The van der Waals surface area contributed by atoms with Crippen molar-refractivity contribution in [3.05, 3.63) is 234 Å². The molecule has 0 spiro atoms. The van der Waals surface area contributed by atoms with Crippen molar-refractivity contribution in [1.29, 1.82) is 0 Å². The largest absolute Gasteiger partial charge is 0.489 e. The van der Waals surface area contributed by atoms with Gasteiger partial charge in [0.2, 0.25) is 46.6 Å². The summed E-state index contributed by atoms with van der Waals surface area (Å²) in [5.74, 6) is -17.8. The molecule has 0 bridgehead atoms. The molecule has 6 aromatic carbocycles. The molecule has 5 N–H and O–H groups in total. The Morgan fingerprint density at radius 2 is 1.00 bits per heavy atom. The van der Waals surface area contributed by atoms with Crippen LogP contribution in [-0.2, 0) is 62.6 Å². The summed E-state index contributed by atoms with van der Waals surface area (Å²) in [6.07, 6.45) is 14.5. The maximum Gasteiger partial charge on any atom is 0.343 e. The van der Waals surface area contributed by atoms with E-state index < -0.39 is 87.8 Å². The van der Waals surface area contributed by atoms with E-state index in [4.69, 9.17) is 31.5 Å². The van der Waals surface area contributed by atoms with E-state index in [-0.39, 0.29) is 65.5 Å². The zero-order chi connectivity index (χ0) is 80.1. The van der Waals surface area contributed by atoms with Crippen LogP contribution in [0.15, 0.2) is 194 Å². The van der Waals surface area contributed by atoms with Gasteiger partial charge in [0, 0.05) is 49.4 Å². The van der Waals surface area contributed by atoms with Crippen LogP contribution >= 0.6 is 11.6 Å². The Kier molecular flexibility index (Phi) is 32.8. The first-order chi connectivity index (χ1) is 51.6. The Bertz CT molecular complexity index is 4540. The Hall–Kier alpha value is -11.7. The van der Waals surface area contributed by atoms with Gasteiger partial charge in [0.15, 0.2) is 0 Å². The second-order valence-electron chi connectivity index (χ2n) is 26.7. The minimum atomic E-state index is -2.35. The maximum absolute atomic E-state index is 13.5. The van der Waals surface area contributed by atoms with Gasteiger partial charge in [0.25, 0.3) is 0 Å². The lowest BCUT2D eigenvalue weighted by molar-refractivity contribution is -0.167. The van der Waals surface area contributed by atoms with E-state index >= 15 is 0 Å². The van der Waals surface area contributed by atoms with Gasteiger partial charge in [-0.1, -0.05) is 139 Å². The summed E-state index contributed by atoms with van der Waals surface area (Å²) in [4.78, 5) is 85.1. The fourth-order valence-electron chi connectivity index (χ4n) is 9.78. The number of halogens is 6. The van der Waals surface area contributed by atoms with Gasteiger partial charge in [-0.3, -0.25) is 47.8 Å². The van der Waals surface area contributed by atoms with Crippen LogP contribution < -0.4 is 25.8 Å². The average Bonchev–Trinajstić information content (AvgIpc) is 1.66. The normalized spacial score (nSPS) is 13.4. The van der Waals surface area contributed by atoms with Crippen LogP contribution in [0.3, 0.4) is 0 Å². The molecule has 5 heterocycles. The van der Waals surface area contributed by atoms with Crippen molar-refractivity contribution < 1.29 is 84.3 Å². The monoisotopic (exact) mass is 1530 g/mol.